The van der Waals surface area contributed by atoms with Gasteiger partial charge in [-0.25, -0.2) is 4.68 Å². The number of likely N-dealkylation sites (tertiary alicyclic amines) is 1. The summed E-state index contributed by atoms with van der Waals surface area (Å²) in [5.41, 5.74) is 1.29. The summed E-state index contributed by atoms with van der Waals surface area (Å²) in [6, 6.07) is 3.73. The lowest BCUT2D eigenvalue weighted by Crippen LogP contribution is -2.50. The molecule has 5 rings (SSSR count). The summed E-state index contributed by atoms with van der Waals surface area (Å²) in [5.74, 6) is 0.568. The average molecular weight is 516 g/mol. The molecule has 9 nitrogen and oxygen atoms in total. The second-order valence-electron chi connectivity index (χ2n) is 11.3. The van der Waals surface area contributed by atoms with Crippen molar-refractivity contribution in [3.8, 4) is 5.75 Å². The Balaban J connectivity index is 1.37. The highest BCUT2D eigenvalue weighted by molar-refractivity contribution is 6.30. The third kappa shape index (κ3) is 5.09. The second kappa shape index (κ2) is 9.67. The van der Waals surface area contributed by atoms with Crippen molar-refractivity contribution in [3.05, 3.63) is 40.7 Å². The van der Waals surface area contributed by atoms with E-state index in [1.807, 2.05) is 33.0 Å². The number of aliphatic hydroxyl groups is 1. The van der Waals surface area contributed by atoms with Crippen LogP contribution in [0.25, 0.3) is 0 Å². The molecule has 3 heterocycles. The molecule has 1 unspecified atom stereocenters. The van der Waals surface area contributed by atoms with Gasteiger partial charge in [-0.3, -0.25) is 9.59 Å². The van der Waals surface area contributed by atoms with Crippen LogP contribution in [0.3, 0.4) is 0 Å². The average Bonchev–Trinajstić information content (AvgIpc) is 3.47. The first-order valence-corrected chi connectivity index (χ1v) is 13.1. The number of aromatic nitrogens is 3. The maximum absolute atomic E-state index is 13.9. The predicted molar refractivity (Wildman–Crippen MR) is 134 cm³/mol. The largest absolute Gasteiger partial charge is 0.493 e. The van der Waals surface area contributed by atoms with Crippen LogP contribution in [0, 0.1) is 5.41 Å². The minimum Gasteiger partial charge on any atom is -0.493 e. The van der Waals surface area contributed by atoms with E-state index >= 15 is 0 Å². The number of carbonyl (C=O) groups excluding carboxylic acids is 2. The van der Waals surface area contributed by atoms with Gasteiger partial charge in [0.25, 0.3) is 0 Å². The molecule has 2 amide bonds. The van der Waals surface area contributed by atoms with E-state index in [-0.39, 0.29) is 30.8 Å². The van der Waals surface area contributed by atoms with E-state index in [9.17, 15) is 14.7 Å². The normalized spacial score (nSPS) is 25.0. The maximum atomic E-state index is 13.9. The first-order valence-electron chi connectivity index (χ1n) is 12.7. The van der Waals surface area contributed by atoms with Gasteiger partial charge in [-0.15, -0.1) is 5.10 Å². The Morgan fingerprint density at radius 3 is 2.75 bits per heavy atom. The van der Waals surface area contributed by atoms with Crippen LogP contribution in [0.15, 0.2) is 24.4 Å². The Hall–Kier alpha value is -2.65. The van der Waals surface area contributed by atoms with Crippen molar-refractivity contribution >= 4 is 23.4 Å². The van der Waals surface area contributed by atoms with Gasteiger partial charge in [-0.1, -0.05) is 43.7 Å². The molecule has 1 saturated heterocycles. The maximum Gasteiger partial charge on any atom is 0.248 e. The number of hydrogen-bond acceptors (Lipinski definition) is 6. The standard InChI is InChI=1S/C26H34ClN5O4/c1-26(2,3)23(32-14-20(29-30-32)15-6-7-15)25(35)31-13-17(33)12-21(31)24(34)28-19-5-4-10-36-22-11-16(27)8-9-18(19)22/h8-9,11,14-15,17,19,21,23,33H,4-7,10,12-13H2,1-3H3,(H,28,34)/t17-,19?,21+,23-/m1/s1. The lowest BCUT2D eigenvalue weighted by molar-refractivity contribution is -0.144. The van der Waals surface area contributed by atoms with Crippen LogP contribution in [-0.4, -0.2) is 62.1 Å². The minimum absolute atomic E-state index is 0.105. The van der Waals surface area contributed by atoms with Crippen molar-refractivity contribution in [2.75, 3.05) is 13.2 Å². The number of benzene rings is 1. The van der Waals surface area contributed by atoms with Crippen LogP contribution in [0.1, 0.15) is 82.1 Å². The zero-order chi connectivity index (χ0) is 25.6. The van der Waals surface area contributed by atoms with Crippen molar-refractivity contribution in [3.63, 3.8) is 0 Å². The van der Waals surface area contributed by atoms with E-state index in [1.54, 1.807) is 16.8 Å². The van der Waals surface area contributed by atoms with Crippen LogP contribution in [-0.2, 0) is 9.59 Å². The first-order chi connectivity index (χ1) is 17.1. The Morgan fingerprint density at radius 2 is 2.03 bits per heavy atom. The van der Waals surface area contributed by atoms with Gasteiger partial charge in [0.05, 0.1) is 24.4 Å². The molecule has 0 spiro atoms. The number of ether oxygens (including phenoxy) is 1. The highest BCUT2D eigenvalue weighted by atomic mass is 35.5. The number of aliphatic hydroxyl groups excluding tert-OH is 1. The Morgan fingerprint density at radius 1 is 1.25 bits per heavy atom. The number of fused-ring (bicyclic) bond motifs is 1. The highest BCUT2D eigenvalue weighted by Gasteiger charge is 2.46. The van der Waals surface area contributed by atoms with E-state index in [1.165, 1.54) is 4.90 Å². The molecule has 1 saturated carbocycles. The van der Waals surface area contributed by atoms with Crippen molar-refractivity contribution in [2.24, 2.45) is 5.41 Å². The molecule has 4 atom stereocenters. The Labute approximate surface area is 216 Å². The summed E-state index contributed by atoms with van der Waals surface area (Å²) in [4.78, 5) is 29.0. The number of hydrogen-bond donors (Lipinski definition) is 2. The van der Waals surface area contributed by atoms with Crippen molar-refractivity contribution in [2.45, 2.75) is 83.0 Å². The van der Waals surface area contributed by atoms with E-state index in [0.29, 0.717) is 29.7 Å². The molecular formula is C26H34ClN5O4. The smallest absolute Gasteiger partial charge is 0.248 e. The Kier molecular flexibility index (Phi) is 6.72. The fourth-order valence-corrected chi connectivity index (χ4v) is 5.45. The quantitative estimate of drug-likeness (QED) is 0.631. The number of halogens is 1. The Bertz CT molecular complexity index is 1140. The van der Waals surface area contributed by atoms with E-state index in [4.69, 9.17) is 16.3 Å². The molecule has 36 heavy (non-hydrogen) atoms. The lowest BCUT2D eigenvalue weighted by atomic mass is 9.85. The highest BCUT2D eigenvalue weighted by Crippen LogP contribution is 2.40. The van der Waals surface area contributed by atoms with Crippen molar-refractivity contribution < 1.29 is 19.4 Å². The molecule has 194 valence electrons. The van der Waals surface area contributed by atoms with Crippen LogP contribution in [0.5, 0.6) is 5.75 Å². The van der Waals surface area contributed by atoms with Gasteiger partial charge in [-0.2, -0.15) is 0 Å². The number of nitrogens with one attached hydrogen (secondary N) is 1. The fourth-order valence-electron chi connectivity index (χ4n) is 5.29. The monoisotopic (exact) mass is 515 g/mol. The number of β-amino-alcohol motifs (C(OH)–C–C–N with tert-alkyl or cyclic N) is 1. The first kappa shape index (κ1) is 25.0. The third-order valence-electron chi connectivity index (χ3n) is 7.27. The molecular weight excluding hydrogens is 482 g/mol. The number of carbonyl (C=O) groups is 2. The van der Waals surface area contributed by atoms with E-state index in [0.717, 1.165) is 30.5 Å². The van der Waals surface area contributed by atoms with Crippen LogP contribution >= 0.6 is 11.6 Å². The van der Waals surface area contributed by atoms with E-state index < -0.39 is 23.6 Å². The molecule has 0 radical (unpaired) electrons. The fraction of sp³-hybridized carbons (Fsp3) is 0.615. The summed E-state index contributed by atoms with van der Waals surface area (Å²) < 4.78 is 7.47. The summed E-state index contributed by atoms with van der Waals surface area (Å²) in [7, 11) is 0. The van der Waals surface area contributed by atoms with Crippen molar-refractivity contribution in [1.82, 2.24) is 25.2 Å². The molecule has 2 aromatic rings. The van der Waals surface area contributed by atoms with Gasteiger partial charge >= 0.3 is 0 Å². The summed E-state index contributed by atoms with van der Waals surface area (Å²) >= 11 is 6.15. The summed E-state index contributed by atoms with van der Waals surface area (Å²) in [6.45, 7) is 6.57. The number of nitrogens with zero attached hydrogens (tertiary/aromatic N) is 4. The predicted octanol–water partition coefficient (Wildman–Crippen LogP) is 3.39. The third-order valence-corrected chi connectivity index (χ3v) is 7.50. The molecule has 10 heteroatoms. The summed E-state index contributed by atoms with van der Waals surface area (Å²) in [6.07, 6.45) is 4.94. The van der Waals surface area contributed by atoms with Crippen molar-refractivity contribution in [1.29, 1.82) is 0 Å². The van der Waals surface area contributed by atoms with Gasteiger partial charge in [0.2, 0.25) is 11.8 Å². The van der Waals surface area contributed by atoms with Gasteiger partial charge < -0.3 is 20.1 Å². The molecule has 2 N–H and O–H groups in total. The molecule has 2 fully saturated rings. The molecule has 2 aliphatic heterocycles. The molecule has 1 aromatic carbocycles. The van der Waals surface area contributed by atoms with Gasteiger partial charge in [-0.05, 0) is 43.2 Å². The zero-order valence-electron chi connectivity index (χ0n) is 21.0. The molecule has 1 aliphatic carbocycles. The topological polar surface area (TPSA) is 110 Å². The summed E-state index contributed by atoms with van der Waals surface area (Å²) in [5, 5.41) is 22.8. The number of rotatable bonds is 5. The zero-order valence-corrected chi connectivity index (χ0v) is 21.7. The van der Waals surface area contributed by atoms with Gasteiger partial charge in [0, 0.05) is 35.7 Å². The van der Waals surface area contributed by atoms with Gasteiger partial charge in [0.1, 0.15) is 17.8 Å². The van der Waals surface area contributed by atoms with Crippen LogP contribution in [0.2, 0.25) is 5.02 Å². The molecule has 1 aromatic heterocycles. The molecule has 0 bridgehead atoms. The SMILES string of the molecule is CC(C)(C)[C@@H](C(=O)N1C[C@H](O)C[C@H]1C(=O)NC1CCCOc2cc(Cl)ccc21)n1cc(C2CC2)nn1. The number of amides is 2. The second-order valence-corrected chi connectivity index (χ2v) is 11.7. The van der Waals surface area contributed by atoms with Gasteiger partial charge in [0.15, 0.2) is 0 Å². The van der Waals surface area contributed by atoms with Crippen LogP contribution in [0.4, 0.5) is 0 Å². The molecule has 3 aliphatic rings. The lowest BCUT2D eigenvalue weighted by Gasteiger charge is -2.35. The minimum atomic E-state index is -0.774. The van der Waals surface area contributed by atoms with Crippen LogP contribution < -0.4 is 10.1 Å². The van der Waals surface area contributed by atoms with E-state index in [2.05, 4.69) is 15.6 Å².